The highest BCUT2D eigenvalue weighted by molar-refractivity contribution is 5.85. The molecular weight excluding hydrogens is 266 g/mol. The van der Waals surface area contributed by atoms with E-state index in [1.807, 2.05) is 24.3 Å². The number of rotatable bonds is 3. The van der Waals surface area contributed by atoms with Gasteiger partial charge in [-0.2, -0.15) is 0 Å². The van der Waals surface area contributed by atoms with Gasteiger partial charge < -0.3 is 14.8 Å². The summed E-state index contributed by atoms with van der Waals surface area (Å²) in [6.07, 6.45) is 1.13. The van der Waals surface area contributed by atoms with Gasteiger partial charge in [-0.15, -0.1) is 12.4 Å². The van der Waals surface area contributed by atoms with E-state index in [4.69, 9.17) is 9.47 Å². The van der Waals surface area contributed by atoms with Gasteiger partial charge in [0, 0.05) is 6.54 Å². The first-order chi connectivity index (χ1) is 8.86. The van der Waals surface area contributed by atoms with Gasteiger partial charge in [0.25, 0.3) is 11.8 Å². The van der Waals surface area contributed by atoms with Crippen LogP contribution in [0.15, 0.2) is 24.3 Å². The summed E-state index contributed by atoms with van der Waals surface area (Å²) in [5.74, 6) is 0.922. The van der Waals surface area contributed by atoms with Crippen molar-refractivity contribution in [3.8, 4) is 11.8 Å². The van der Waals surface area contributed by atoms with Crippen LogP contribution in [0.5, 0.6) is 11.8 Å². The van der Waals surface area contributed by atoms with Crippen molar-refractivity contribution in [3.63, 3.8) is 0 Å². The van der Waals surface area contributed by atoms with Crippen molar-refractivity contribution in [2.45, 2.75) is 12.5 Å². The fourth-order valence-electron chi connectivity index (χ4n) is 2.06. The van der Waals surface area contributed by atoms with E-state index in [9.17, 15) is 0 Å². The third kappa shape index (κ3) is 2.88. The molecule has 3 rings (SSSR count). The normalized spacial score (nSPS) is 18.1. The number of ether oxygens (including phenoxy) is 2. The topological polar surface area (TPSA) is 56.3 Å². The van der Waals surface area contributed by atoms with Crippen LogP contribution in [0.4, 0.5) is 0 Å². The molecule has 1 fully saturated rings. The third-order valence-corrected chi connectivity index (χ3v) is 3.00. The minimum absolute atomic E-state index is 0. The molecule has 2 heterocycles. The van der Waals surface area contributed by atoms with Crippen LogP contribution >= 0.6 is 12.4 Å². The Morgan fingerprint density at radius 1 is 1.16 bits per heavy atom. The van der Waals surface area contributed by atoms with Crippen LogP contribution in [0.1, 0.15) is 6.42 Å². The zero-order valence-electron chi connectivity index (χ0n) is 10.6. The zero-order valence-corrected chi connectivity index (χ0v) is 11.4. The van der Waals surface area contributed by atoms with Crippen molar-refractivity contribution in [2.75, 3.05) is 20.2 Å². The Morgan fingerprint density at radius 2 is 1.84 bits per heavy atom. The number of nitrogens with one attached hydrogen (secondary N) is 1. The van der Waals surface area contributed by atoms with Gasteiger partial charge in [-0.3, -0.25) is 0 Å². The van der Waals surface area contributed by atoms with Crippen LogP contribution in [0.3, 0.4) is 0 Å². The van der Waals surface area contributed by atoms with E-state index >= 15 is 0 Å². The molecule has 1 saturated heterocycles. The van der Waals surface area contributed by atoms with E-state index in [1.165, 1.54) is 0 Å². The summed E-state index contributed by atoms with van der Waals surface area (Å²) < 4.78 is 11.1. The summed E-state index contributed by atoms with van der Waals surface area (Å²) in [6.45, 7) is 1.83. The van der Waals surface area contributed by atoms with Gasteiger partial charge in [-0.05, 0) is 25.1 Å². The van der Waals surface area contributed by atoms with Gasteiger partial charge in [0.2, 0.25) is 0 Å². The van der Waals surface area contributed by atoms with E-state index in [0.717, 1.165) is 30.5 Å². The summed E-state index contributed by atoms with van der Waals surface area (Å²) in [7, 11) is 1.58. The number of aromatic nitrogens is 2. The fourth-order valence-corrected chi connectivity index (χ4v) is 2.06. The van der Waals surface area contributed by atoms with Gasteiger partial charge >= 0.3 is 0 Å². The van der Waals surface area contributed by atoms with Gasteiger partial charge in [0.05, 0.1) is 18.1 Å². The van der Waals surface area contributed by atoms with Gasteiger partial charge in [-0.25, -0.2) is 9.97 Å². The predicted molar refractivity (Wildman–Crippen MR) is 75.2 cm³/mol. The van der Waals surface area contributed by atoms with Gasteiger partial charge in [0.1, 0.15) is 6.10 Å². The molecule has 2 aromatic rings. The summed E-state index contributed by atoms with van der Waals surface area (Å²) in [4.78, 5) is 8.88. The van der Waals surface area contributed by atoms with E-state index in [0.29, 0.717) is 11.8 Å². The average Bonchev–Trinajstić information content (AvgIpc) is 2.91. The maximum absolute atomic E-state index is 5.84. The molecule has 0 bridgehead atoms. The smallest absolute Gasteiger partial charge is 0.279 e. The van der Waals surface area contributed by atoms with Crippen molar-refractivity contribution in [2.24, 2.45) is 0 Å². The van der Waals surface area contributed by atoms with E-state index in [2.05, 4.69) is 15.3 Å². The highest BCUT2D eigenvalue weighted by Crippen LogP contribution is 2.26. The van der Waals surface area contributed by atoms with E-state index in [1.54, 1.807) is 7.11 Å². The van der Waals surface area contributed by atoms with Crippen LogP contribution in [0.2, 0.25) is 0 Å². The minimum Gasteiger partial charge on any atom is -0.477 e. The van der Waals surface area contributed by atoms with Crippen molar-refractivity contribution in [3.05, 3.63) is 24.3 Å². The number of fused-ring (bicyclic) bond motifs is 1. The van der Waals surface area contributed by atoms with Crippen molar-refractivity contribution < 1.29 is 9.47 Å². The Balaban J connectivity index is 0.00000133. The Bertz CT molecular complexity index is 559. The molecule has 5 nitrogen and oxygen atoms in total. The number of benzene rings is 1. The zero-order chi connectivity index (χ0) is 12.4. The van der Waals surface area contributed by atoms with Crippen LogP contribution in [0.25, 0.3) is 11.0 Å². The van der Waals surface area contributed by atoms with Crippen molar-refractivity contribution >= 4 is 23.4 Å². The summed E-state index contributed by atoms with van der Waals surface area (Å²) in [5.41, 5.74) is 1.63. The molecule has 1 aromatic carbocycles. The third-order valence-electron chi connectivity index (χ3n) is 3.00. The first kappa shape index (κ1) is 13.8. The highest BCUT2D eigenvalue weighted by atomic mass is 35.5. The maximum Gasteiger partial charge on any atom is 0.279 e. The number of para-hydroxylation sites is 2. The first-order valence-corrected chi connectivity index (χ1v) is 6.05. The maximum atomic E-state index is 5.84. The van der Waals surface area contributed by atoms with Gasteiger partial charge in [-0.1, -0.05) is 12.1 Å². The highest BCUT2D eigenvalue weighted by Gasteiger charge is 2.20. The van der Waals surface area contributed by atoms with Crippen LogP contribution < -0.4 is 14.8 Å². The Morgan fingerprint density at radius 3 is 2.42 bits per heavy atom. The monoisotopic (exact) mass is 281 g/mol. The van der Waals surface area contributed by atoms with Crippen molar-refractivity contribution in [1.82, 2.24) is 15.3 Å². The number of halogens is 1. The molecule has 1 aliphatic rings. The van der Waals surface area contributed by atoms with E-state index in [-0.39, 0.29) is 18.5 Å². The van der Waals surface area contributed by atoms with Crippen LogP contribution in [-0.2, 0) is 0 Å². The Hall–Kier alpha value is -1.59. The first-order valence-electron chi connectivity index (χ1n) is 6.05. The summed E-state index contributed by atoms with van der Waals surface area (Å²) in [5, 5.41) is 3.25. The molecule has 1 atom stereocenters. The van der Waals surface area contributed by atoms with Crippen LogP contribution in [-0.4, -0.2) is 36.3 Å². The molecule has 0 amide bonds. The molecule has 0 saturated carbocycles. The quantitative estimate of drug-likeness (QED) is 0.930. The van der Waals surface area contributed by atoms with Gasteiger partial charge in [0.15, 0.2) is 0 Å². The second kappa shape index (κ2) is 6.04. The lowest BCUT2D eigenvalue weighted by Gasteiger charge is -2.14. The Kier molecular flexibility index (Phi) is 4.39. The predicted octanol–water partition coefficient (Wildman–Crippen LogP) is 1.80. The lowest BCUT2D eigenvalue weighted by atomic mass is 10.3. The fraction of sp³-hybridized carbons (Fsp3) is 0.385. The standard InChI is InChI=1S/C13H15N3O2.ClH/c1-17-12-13(18-9-6-7-14-8-9)16-11-5-3-2-4-10(11)15-12;/h2-5,9,14H,6-8H2,1H3;1H/t9-;/m0./s1. The molecule has 0 radical (unpaired) electrons. The second-order valence-electron chi connectivity index (χ2n) is 4.26. The number of hydrogen-bond donors (Lipinski definition) is 1. The number of methoxy groups -OCH3 is 1. The van der Waals surface area contributed by atoms with Crippen LogP contribution in [0, 0.1) is 0 Å². The summed E-state index contributed by atoms with van der Waals surface area (Å²) in [6, 6.07) is 7.69. The SMILES string of the molecule is COc1nc2ccccc2nc1O[C@H]1CCNC1.Cl. The molecule has 1 aliphatic heterocycles. The number of nitrogens with zero attached hydrogens (tertiary/aromatic N) is 2. The summed E-state index contributed by atoms with van der Waals surface area (Å²) >= 11 is 0. The van der Waals surface area contributed by atoms with Crippen molar-refractivity contribution in [1.29, 1.82) is 0 Å². The average molecular weight is 282 g/mol. The minimum atomic E-state index is 0. The molecule has 6 heteroatoms. The largest absolute Gasteiger partial charge is 0.477 e. The van der Waals surface area contributed by atoms with E-state index < -0.39 is 0 Å². The molecule has 102 valence electrons. The lowest BCUT2D eigenvalue weighted by molar-refractivity contribution is 0.202. The number of hydrogen-bond acceptors (Lipinski definition) is 5. The molecule has 1 N–H and O–H groups in total. The molecule has 1 aromatic heterocycles. The molecule has 0 aliphatic carbocycles. The molecule has 0 unspecified atom stereocenters. The second-order valence-corrected chi connectivity index (χ2v) is 4.26. The molecule has 19 heavy (non-hydrogen) atoms. The molecule has 0 spiro atoms. The Labute approximate surface area is 117 Å². The lowest BCUT2D eigenvalue weighted by Crippen LogP contribution is -2.20. The molecular formula is C13H16ClN3O2.